The summed E-state index contributed by atoms with van der Waals surface area (Å²) in [6.45, 7) is 2.09. The monoisotopic (exact) mass is 485 g/mol. The number of furan rings is 1. The fourth-order valence-electron chi connectivity index (χ4n) is 4.85. The van der Waals surface area contributed by atoms with Crippen LogP contribution < -0.4 is 5.32 Å². The van der Waals surface area contributed by atoms with Crippen LogP contribution in [0.15, 0.2) is 45.5 Å². The molecule has 2 unspecified atom stereocenters. The summed E-state index contributed by atoms with van der Waals surface area (Å²) in [5.74, 6) is 0.549. The van der Waals surface area contributed by atoms with Crippen molar-refractivity contribution in [3.63, 3.8) is 0 Å². The van der Waals surface area contributed by atoms with Gasteiger partial charge in [-0.2, -0.15) is 0 Å². The third kappa shape index (κ3) is 3.46. The first kappa shape index (κ1) is 20.3. The fourth-order valence-corrected chi connectivity index (χ4v) is 5.26. The molecule has 7 nitrogen and oxygen atoms in total. The fraction of sp³-hybridized carbons (Fsp3) is 0.435. The van der Waals surface area contributed by atoms with Crippen LogP contribution in [0.25, 0.3) is 0 Å². The molecule has 1 aliphatic heterocycles. The number of benzene rings is 1. The number of carbonyl (C=O) groups excluding carboxylic acids is 3. The Labute approximate surface area is 188 Å². The zero-order chi connectivity index (χ0) is 21.8. The second-order valence-corrected chi connectivity index (χ2v) is 9.62. The van der Waals surface area contributed by atoms with Gasteiger partial charge in [0, 0.05) is 10.5 Å². The van der Waals surface area contributed by atoms with E-state index in [1.54, 1.807) is 17.2 Å². The largest absolute Gasteiger partial charge is 0.467 e. The van der Waals surface area contributed by atoms with E-state index in [2.05, 4.69) is 21.2 Å². The highest BCUT2D eigenvalue weighted by Gasteiger charge is 2.55. The molecule has 2 fully saturated rings. The first-order chi connectivity index (χ1) is 14.9. The molecule has 1 aromatic heterocycles. The molecule has 0 radical (unpaired) electrons. The number of nitrogens with one attached hydrogen (secondary N) is 1. The molecule has 2 aromatic rings. The van der Waals surface area contributed by atoms with E-state index in [-0.39, 0.29) is 24.4 Å². The van der Waals surface area contributed by atoms with Crippen molar-refractivity contribution >= 4 is 33.8 Å². The molecular formula is C23H24BrN3O4. The summed E-state index contributed by atoms with van der Waals surface area (Å²) in [5.41, 5.74) is 0.794. The number of carbonyl (C=O) groups is 3. The number of rotatable bonds is 6. The Morgan fingerprint density at radius 3 is 2.87 bits per heavy atom. The van der Waals surface area contributed by atoms with Gasteiger partial charge in [0.25, 0.3) is 5.91 Å². The van der Waals surface area contributed by atoms with Gasteiger partial charge in [-0.25, -0.2) is 4.79 Å². The minimum atomic E-state index is -1.07. The quantitative estimate of drug-likeness (QED) is 0.634. The minimum Gasteiger partial charge on any atom is -0.467 e. The Morgan fingerprint density at radius 2 is 2.16 bits per heavy atom. The number of halogens is 1. The minimum absolute atomic E-state index is 0.0249. The molecule has 5 rings (SSSR count). The van der Waals surface area contributed by atoms with Crippen LogP contribution in [-0.4, -0.2) is 40.2 Å². The molecule has 1 saturated heterocycles. The first-order valence-corrected chi connectivity index (χ1v) is 11.4. The zero-order valence-corrected chi connectivity index (χ0v) is 18.9. The SMILES string of the molecule is CC(C1CC1)N(Cc1ccco1)C(=O)CN1C(=O)NC2(CCc3cc(Br)ccc32)C1=O. The summed E-state index contributed by atoms with van der Waals surface area (Å²) >= 11 is 3.46. The molecule has 1 aromatic carbocycles. The van der Waals surface area contributed by atoms with Gasteiger partial charge < -0.3 is 14.6 Å². The summed E-state index contributed by atoms with van der Waals surface area (Å²) in [4.78, 5) is 42.3. The van der Waals surface area contributed by atoms with Crippen LogP contribution in [0, 0.1) is 5.92 Å². The Kier molecular flexibility index (Phi) is 4.92. The molecule has 31 heavy (non-hydrogen) atoms. The molecule has 162 valence electrons. The second kappa shape index (κ2) is 7.51. The lowest BCUT2D eigenvalue weighted by Gasteiger charge is -2.30. The predicted molar refractivity (Wildman–Crippen MR) is 116 cm³/mol. The Balaban J connectivity index is 1.37. The first-order valence-electron chi connectivity index (χ1n) is 10.6. The van der Waals surface area contributed by atoms with E-state index in [1.807, 2.05) is 31.2 Å². The third-order valence-corrected chi connectivity index (χ3v) is 7.28. The lowest BCUT2D eigenvalue weighted by Crippen LogP contribution is -2.47. The van der Waals surface area contributed by atoms with E-state index >= 15 is 0 Å². The van der Waals surface area contributed by atoms with Gasteiger partial charge in [0.15, 0.2) is 0 Å². The molecule has 0 bridgehead atoms. The maximum atomic E-state index is 13.4. The van der Waals surface area contributed by atoms with Gasteiger partial charge in [-0.1, -0.05) is 22.0 Å². The lowest BCUT2D eigenvalue weighted by atomic mass is 9.92. The van der Waals surface area contributed by atoms with Crippen molar-refractivity contribution in [2.24, 2.45) is 5.92 Å². The average molecular weight is 486 g/mol. The smallest absolute Gasteiger partial charge is 0.325 e. The van der Waals surface area contributed by atoms with Gasteiger partial charge in [-0.15, -0.1) is 0 Å². The van der Waals surface area contributed by atoms with Gasteiger partial charge >= 0.3 is 6.03 Å². The van der Waals surface area contributed by atoms with Crippen LogP contribution in [0.5, 0.6) is 0 Å². The normalized spacial score (nSPS) is 23.2. The van der Waals surface area contributed by atoms with Crippen LogP contribution >= 0.6 is 15.9 Å². The Hall–Kier alpha value is -2.61. The van der Waals surface area contributed by atoms with Crippen molar-refractivity contribution in [2.45, 2.75) is 50.7 Å². The zero-order valence-electron chi connectivity index (χ0n) is 17.3. The highest BCUT2D eigenvalue weighted by Crippen LogP contribution is 2.42. The topological polar surface area (TPSA) is 82.9 Å². The van der Waals surface area contributed by atoms with E-state index in [4.69, 9.17) is 4.42 Å². The number of aryl methyl sites for hydroxylation is 1. The predicted octanol–water partition coefficient (Wildman–Crippen LogP) is 3.56. The van der Waals surface area contributed by atoms with Gasteiger partial charge in [0.2, 0.25) is 5.91 Å². The number of amides is 4. The molecule has 8 heteroatoms. The maximum absolute atomic E-state index is 13.4. The van der Waals surface area contributed by atoms with Crippen molar-refractivity contribution in [1.82, 2.24) is 15.1 Å². The molecule has 4 amide bonds. The number of fused-ring (bicyclic) bond motifs is 2. The van der Waals surface area contributed by atoms with E-state index in [0.717, 1.165) is 33.3 Å². The van der Waals surface area contributed by atoms with E-state index in [0.29, 0.717) is 31.1 Å². The maximum Gasteiger partial charge on any atom is 0.325 e. The van der Waals surface area contributed by atoms with Gasteiger partial charge in [-0.05, 0) is 73.9 Å². The summed E-state index contributed by atoms with van der Waals surface area (Å²) in [6, 6.07) is 8.88. The average Bonchev–Trinajstić information content (AvgIpc) is 3.28. The number of hydrogen-bond acceptors (Lipinski definition) is 4. The van der Waals surface area contributed by atoms with Crippen LogP contribution in [0.2, 0.25) is 0 Å². The summed E-state index contributed by atoms with van der Waals surface area (Å²) in [7, 11) is 0. The number of nitrogens with zero attached hydrogens (tertiary/aromatic N) is 2. The summed E-state index contributed by atoms with van der Waals surface area (Å²) in [6.07, 6.45) is 4.95. The van der Waals surface area contributed by atoms with Crippen LogP contribution in [-0.2, 0) is 28.1 Å². The second-order valence-electron chi connectivity index (χ2n) is 8.71. The molecule has 1 spiro atoms. The van der Waals surface area contributed by atoms with Crippen molar-refractivity contribution in [1.29, 1.82) is 0 Å². The lowest BCUT2D eigenvalue weighted by molar-refractivity contribution is -0.141. The van der Waals surface area contributed by atoms with Crippen LogP contribution in [0.1, 0.15) is 43.1 Å². The Bertz CT molecular complexity index is 1050. The highest BCUT2D eigenvalue weighted by molar-refractivity contribution is 9.10. The van der Waals surface area contributed by atoms with Crippen molar-refractivity contribution < 1.29 is 18.8 Å². The molecule has 2 heterocycles. The standard InChI is InChI=1S/C23H24BrN3O4/c1-14(15-4-5-15)26(12-18-3-2-10-31-18)20(28)13-27-21(29)23(25-22(27)30)9-8-16-11-17(24)6-7-19(16)23/h2-3,6-7,10-11,14-15H,4-5,8-9,12-13H2,1H3,(H,25,30). The van der Waals surface area contributed by atoms with Gasteiger partial charge in [-0.3, -0.25) is 14.5 Å². The number of imide groups is 1. The molecule has 3 aliphatic rings. The molecular weight excluding hydrogens is 462 g/mol. The molecule has 2 atom stereocenters. The summed E-state index contributed by atoms with van der Waals surface area (Å²) in [5, 5.41) is 2.89. The van der Waals surface area contributed by atoms with Crippen LogP contribution in [0.4, 0.5) is 4.79 Å². The summed E-state index contributed by atoms with van der Waals surface area (Å²) < 4.78 is 6.38. The van der Waals surface area contributed by atoms with E-state index < -0.39 is 11.6 Å². The highest BCUT2D eigenvalue weighted by atomic mass is 79.9. The number of urea groups is 1. The Morgan fingerprint density at radius 1 is 1.35 bits per heavy atom. The van der Waals surface area contributed by atoms with Gasteiger partial charge in [0.05, 0.1) is 12.8 Å². The van der Waals surface area contributed by atoms with E-state index in [9.17, 15) is 14.4 Å². The third-order valence-electron chi connectivity index (χ3n) is 6.79. The van der Waals surface area contributed by atoms with Crippen molar-refractivity contribution in [3.05, 3.63) is 58.0 Å². The van der Waals surface area contributed by atoms with Crippen LogP contribution in [0.3, 0.4) is 0 Å². The van der Waals surface area contributed by atoms with E-state index in [1.165, 1.54) is 0 Å². The molecule has 1 saturated carbocycles. The van der Waals surface area contributed by atoms with Crippen molar-refractivity contribution in [2.75, 3.05) is 6.54 Å². The van der Waals surface area contributed by atoms with Gasteiger partial charge in [0.1, 0.15) is 17.8 Å². The number of hydrogen-bond donors (Lipinski definition) is 1. The molecule has 2 aliphatic carbocycles. The molecule has 1 N–H and O–H groups in total. The van der Waals surface area contributed by atoms with Crippen molar-refractivity contribution in [3.8, 4) is 0 Å².